The van der Waals surface area contributed by atoms with Gasteiger partial charge in [-0.2, -0.15) is 13.5 Å². The Labute approximate surface area is 191 Å². The number of piperidine rings is 1. The summed E-state index contributed by atoms with van der Waals surface area (Å²) in [6, 6.07) is -1.76. The van der Waals surface area contributed by atoms with Crippen molar-refractivity contribution in [2.24, 2.45) is 0 Å². The summed E-state index contributed by atoms with van der Waals surface area (Å²) < 4.78 is 46.9. The number of fused-ring (bicyclic) bond motifs is 2. The van der Waals surface area contributed by atoms with Crippen LogP contribution in [0.3, 0.4) is 0 Å². The molecule has 33 heavy (non-hydrogen) atoms. The van der Waals surface area contributed by atoms with E-state index in [2.05, 4.69) is 14.5 Å². The second-order valence-corrected chi connectivity index (χ2v) is 10.6. The molecule has 0 aromatic carbocycles. The summed E-state index contributed by atoms with van der Waals surface area (Å²) in [5.74, 6) is 0.420. The molecule has 3 aliphatic rings. The zero-order chi connectivity index (χ0) is 24.0. The zero-order valence-corrected chi connectivity index (χ0v) is 19.7. The van der Waals surface area contributed by atoms with Crippen LogP contribution in [0, 0.1) is 0 Å². The molecule has 2 bridgehead atoms. The molecule has 1 N–H and O–H groups in total. The molecule has 3 amide bonds. The minimum atomic E-state index is -4.82. The van der Waals surface area contributed by atoms with Gasteiger partial charge in [0.15, 0.2) is 0 Å². The second-order valence-electron chi connectivity index (χ2n) is 9.59. The van der Waals surface area contributed by atoms with Gasteiger partial charge in [0, 0.05) is 12.6 Å². The van der Waals surface area contributed by atoms with Crippen LogP contribution in [0.25, 0.3) is 0 Å². The summed E-state index contributed by atoms with van der Waals surface area (Å²) in [5, 5.41) is 8.83. The highest BCUT2D eigenvalue weighted by molar-refractivity contribution is 7.80. The molecule has 14 heteroatoms. The summed E-state index contributed by atoms with van der Waals surface area (Å²) in [4.78, 5) is 28.4. The van der Waals surface area contributed by atoms with E-state index < -0.39 is 40.2 Å². The van der Waals surface area contributed by atoms with Gasteiger partial charge in [-0.05, 0) is 46.5 Å². The van der Waals surface area contributed by atoms with E-state index in [9.17, 15) is 18.0 Å². The Morgan fingerprint density at radius 3 is 2.55 bits per heavy atom. The maximum atomic E-state index is 12.8. The topological polar surface area (TPSA) is 156 Å². The molecule has 4 rings (SSSR count). The largest absolute Gasteiger partial charge is 0.444 e. The van der Waals surface area contributed by atoms with Crippen LogP contribution in [0.5, 0.6) is 0 Å². The molecule has 2 saturated heterocycles. The monoisotopic (exact) mass is 487 g/mol. The molecule has 0 radical (unpaired) electrons. The molecule has 184 valence electrons. The van der Waals surface area contributed by atoms with E-state index >= 15 is 0 Å². The molecular weight excluding hydrogens is 458 g/mol. The summed E-state index contributed by atoms with van der Waals surface area (Å²) in [5.41, 5.74) is -0.640. The van der Waals surface area contributed by atoms with E-state index in [0.29, 0.717) is 17.9 Å². The Morgan fingerprint density at radius 1 is 1.21 bits per heavy atom. The molecule has 0 spiro atoms. The molecule has 3 heterocycles. The summed E-state index contributed by atoms with van der Waals surface area (Å²) in [6.45, 7) is 5.71. The maximum Gasteiger partial charge on any atom is 0.418 e. The fraction of sp³-hybridized carbons (Fsp3) is 0.789. The van der Waals surface area contributed by atoms with Gasteiger partial charge in [0.25, 0.3) is 0 Å². The number of carbonyl (C=O) groups is 2. The average molecular weight is 488 g/mol. The third kappa shape index (κ3) is 5.38. The van der Waals surface area contributed by atoms with Gasteiger partial charge >= 0.3 is 22.5 Å². The molecule has 1 aromatic heterocycles. The number of carbonyl (C=O) groups excluding carboxylic acids is 2. The lowest BCUT2D eigenvalue weighted by atomic mass is 10.0. The summed E-state index contributed by atoms with van der Waals surface area (Å²) in [6.07, 6.45) is 4.23. The molecule has 0 unspecified atom stereocenters. The Kier molecular flexibility index (Phi) is 6.26. The van der Waals surface area contributed by atoms with E-state index in [0.717, 1.165) is 25.7 Å². The van der Waals surface area contributed by atoms with E-state index in [4.69, 9.17) is 13.7 Å². The molecule has 13 nitrogen and oxygen atoms in total. The van der Waals surface area contributed by atoms with Crippen LogP contribution in [0.15, 0.2) is 4.42 Å². The number of ether oxygens (including phenoxy) is 1. The lowest BCUT2D eigenvalue weighted by molar-refractivity contribution is -0.0317. The van der Waals surface area contributed by atoms with E-state index in [-0.39, 0.29) is 30.9 Å². The van der Waals surface area contributed by atoms with Crippen molar-refractivity contribution in [2.75, 3.05) is 6.54 Å². The van der Waals surface area contributed by atoms with Crippen molar-refractivity contribution in [3.63, 3.8) is 0 Å². The number of aromatic nitrogens is 2. The fourth-order valence-corrected chi connectivity index (χ4v) is 4.97. The van der Waals surface area contributed by atoms with Crippen LogP contribution in [0.1, 0.15) is 77.1 Å². The van der Waals surface area contributed by atoms with Gasteiger partial charge < -0.3 is 14.1 Å². The Bertz CT molecular complexity index is 1000. The van der Waals surface area contributed by atoms with Crippen LogP contribution in [-0.2, 0) is 26.0 Å². The van der Waals surface area contributed by atoms with Crippen molar-refractivity contribution in [3.8, 4) is 0 Å². The molecule has 3 fully saturated rings. The fourth-order valence-electron chi connectivity index (χ4n) is 4.58. The third-order valence-electron chi connectivity index (χ3n) is 5.96. The van der Waals surface area contributed by atoms with Crippen LogP contribution < -0.4 is 0 Å². The first kappa shape index (κ1) is 23.7. The van der Waals surface area contributed by atoms with Gasteiger partial charge in [0.2, 0.25) is 11.8 Å². The zero-order valence-electron chi connectivity index (χ0n) is 18.8. The predicted molar refractivity (Wildman–Crippen MR) is 111 cm³/mol. The second kappa shape index (κ2) is 8.72. The van der Waals surface area contributed by atoms with Crippen molar-refractivity contribution in [3.05, 3.63) is 11.8 Å². The Balaban J connectivity index is 1.48. The van der Waals surface area contributed by atoms with E-state index in [1.165, 1.54) is 4.90 Å². The SMILES string of the molecule is CC(C)(C)OC(=O)N(Cc1nnc([C@@H]2CC[C@@H]3CN2C(=O)N3OS(=O)(=O)O)o1)C1CCCC1. The summed E-state index contributed by atoms with van der Waals surface area (Å²) in [7, 11) is -4.82. The number of hydroxylamine groups is 2. The summed E-state index contributed by atoms with van der Waals surface area (Å²) >= 11 is 0. The molecule has 2 atom stereocenters. The van der Waals surface area contributed by atoms with Crippen molar-refractivity contribution in [1.29, 1.82) is 0 Å². The third-order valence-corrected chi connectivity index (χ3v) is 6.31. The van der Waals surface area contributed by atoms with Crippen molar-refractivity contribution >= 4 is 22.5 Å². The molecular formula is C19H29N5O8S. The first-order valence-electron chi connectivity index (χ1n) is 11.0. The minimum Gasteiger partial charge on any atom is -0.444 e. The highest BCUT2D eigenvalue weighted by Gasteiger charge is 2.49. The van der Waals surface area contributed by atoms with Crippen LogP contribution in [-0.4, -0.2) is 74.4 Å². The van der Waals surface area contributed by atoms with Gasteiger partial charge in [0.05, 0.1) is 6.04 Å². The first-order chi connectivity index (χ1) is 15.4. The van der Waals surface area contributed by atoms with Gasteiger partial charge in [-0.25, -0.2) is 9.59 Å². The van der Waals surface area contributed by atoms with Crippen LogP contribution in [0.4, 0.5) is 9.59 Å². The van der Waals surface area contributed by atoms with Crippen LogP contribution in [0.2, 0.25) is 0 Å². The lowest BCUT2D eigenvalue weighted by Crippen LogP contribution is -2.41. The van der Waals surface area contributed by atoms with Crippen molar-refractivity contribution < 1.29 is 36.0 Å². The number of hydrogen-bond donors (Lipinski definition) is 1. The van der Waals surface area contributed by atoms with Crippen LogP contribution >= 0.6 is 0 Å². The quantitative estimate of drug-likeness (QED) is 0.591. The van der Waals surface area contributed by atoms with Gasteiger partial charge in [-0.15, -0.1) is 14.5 Å². The van der Waals surface area contributed by atoms with Gasteiger partial charge in [0.1, 0.15) is 18.2 Å². The standard InChI is InChI=1S/C19H29N5O8S/c1-19(2,3)31-18(26)22(12-6-4-5-7-12)11-15-20-21-16(30-15)14-9-8-13-10-23(14)17(25)24(13)32-33(27,28)29/h12-14H,4-11H2,1-3H3,(H,27,28,29)/t13-,14+/m1/s1. The smallest absolute Gasteiger partial charge is 0.418 e. The van der Waals surface area contributed by atoms with Crippen molar-refractivity contribution in [1.82, 2.24) is 25.1 Å². The molecule has 1 aromatic rings. The van der Waals surface area contributed by atoms with Gasteiger partial charge in [-0.1, -0.05) is 12.8 Å². The molecule has 1 saturated carbocycles. The van der Waals surface area contributed by atoms with E-state index in [1.54, 1.807) is 25.7 Å². The highest BCUT2D eigenvalue weighted by atomic mass is 32.3. The van der Waals surface area contributed by atoms with E-state index in [1.807, 2.05) is 0 Å². The predicted octanol–water partition coefficient (Wildman–Crippen LogP) is 2.42. The van der Waals surface area contributed by atoms with Gasteiger partial charge in [-0.3, -0.25) is 9.45 Å². The number of hydrogen-bond acceptors (Lipinski definition) is 9. The lowest BCUT2D eigenvalue weighted by Gasteiger charge is -2.30. The highest BCUT2D eigenvalue weighted by Crippen LogP contribution is 2.38. The number of urea groups is 1. The first-order valence-corrected chi connectivity index (χ1v) is 12.4. The molecule has 2 aliphatic heterocycles. The number of nitrogens with zero attached hydrogens (tertiary/aromatic N) is 5. The molecule has 1 aliphatic carbocycles. The normalized spacial score (nSPS) is 23.9. The number of rotatable bonds is 6. The minimum absolute atomic E-state index is 0.0249. The Hall–Kier alpha value is -2.45. The Morgan fingerprint density at radius 2 is 1.91 bits per heavy atom. The maximum absolute atomic E-state index is 12.8. The number of amides is 3. The van der Waals surface area contributed by atoms with Crippen molar-refractivity contribution in [2.45, 2.75) is 89.6 Å². The average Bonchev–Trinajstić information content (AvgIpc) is 3.43.